The number of aromatic amines is 3. The molecule has 0 saturated carbocycles. The van der Waals surface area contributed by atoms with Crippen LogP contribution in [0.2, 0.25) is 0 Å². The second-order valence-electron chi connectivity index (χ2n) is 14.0. The van der Waals surface area contributed by atoms with Crippen LogP contribution in [0.5, 0.6) is 0 Å². The van der Waals surface area contributed by atoms with E-state index in [9.17, 15) is 19.5 Å². The molecular formula is C41H41N9O4. The Bertz CT molecular complexity index is 2260. The molecule has 3 amide bonds. The van der Waals surface area contributed by atoms with Crippen LogP contribution >= 0.6 is 0 Å². The maximum Gasteiger partial charge on any atom is 0.405 e. The van der Waals surface area contributed by atoms with E-state index < -0.39 is 12.1 Å². The summed E-state index contributed by atoms with van der Waals surface area (Å²) in [6, 6.07) is 26.0. The van der Waals surface area contributed by atoms with E-state index in [1.54, 1.807) is 35.4 Å². The van der Waals surface area contributed by atoms with E-state index in [0.717, 1.165) is 76.5 Å². The van der Waals surface area contributed by atoms with Gasteiger partial charge in [0.05, 0.1) is 48.0 Å². The minimum atomic E-state index is -1.25. The second kappa shape index (κ2) is 14.9. The van der Waals surface area contributed by atoms with E-state index in [-0.39, 0.29) is 30.3 Å². The van der Waals surface area contributed by atoms with Gasteiger partial charge in [0.25, 0.3) is 5.91 Å². The molecule has 13 nitrogen and oxygen atoms in total. The Morgan fingerprint density at radius 2 is 1.31 bits per heavy atom. The average molecular weight is 724 g/mol. The molecule has 274 valence electrons. The summed E-state index contributed by atoms with van der Waals surface area (Å²) in [5.41, 5.74) is 8.13. The van der Waals surface area contributed by atoms with Gasteiger partial charge in [-0.3, -0.25) is 14.7 Å². The lowest BCUT2D eigenvalue weighted by atomic mass is 10.0. The van der Waals surface area contributed by atoms with Crippen LogP contribution in [0.15, 0.2) is 97.3 Å². The first-order valence-corrected chi connectivity index (χ1v) is 18.3. The summed E-state index contributed by atoms with van der Waals surface area (Å²) in [5.74, 6) is 1.24. The molecule has 5 N–H and O–H groups in total. The van der Waals surface area contributed by atoms with Crippen molar-refractivity contribution in [1.29, 1.82) is 0 Å². The van der Waals surface area contributed by atoms with Crippen molar-refractivity contribution in [2.75, 3.05) is 13.1 Å². The molecule has 3 aromatic heterocycles. The molecule has 6 aromatic rings. The van der Waals surface area contributed by atoms with E-state index >= 15 is 0 Å². The number of rotatable bonds is 10. The number of hydrogen-bond acceptors (Lipinski definition) is 6. The van der Waals surface area contributed by atoms with E-state index in [0.29, 0.717) is 24.5 Å². The van der Waals surface area contributed by atoms with Crippen LogP contribution in [0.1, 0.15) is 72.4 Å². The number of H-pyrrole nitrogens is 3. The third kappa shape index (κ3) is 7.12. The largest absolute Gasteiger partial charge is 0.465 e. The maximum absolute atomic E-state index is 13.7. The fraction of sp³-hybridized carbons (Fsp3) is 0.268. The van der Waals surface area contributed by atoms with Gasteiger partial charge in [0.2, 0.25) is 5.91 Å². The molecule has 2 saturated heterocycles. The van der Waals surface area contributed by atoms with Crippen molar-refractivity contribution >= 4 is 17.9 Å². The van der Waals surface area contributed by atoms with Crippen LogP contribution in [-0.4, -0.2) is 76.0 Å². The molecular weight excluding hydrogens is 683 g/mol. The molecule has 0 bridgehead atoms. The number of likely N-dealkylation sites (tertiary alicyclic amines) is 2. The number of imidazole rings is 2. The number of carbonyl (C=O) groups excluding carboxylic acids is 2. The minimum Gasteiger partial charge on any atom is -0.465 e. The Balaban J connectivity index is 0.921. The first kappa shape index (κ1) is 34.6. The predicted octanol–water partition coefficient (Wildman–Crippen LogP) is 6.74. The summed E-state index contributed by atoms with van der Waals surface area (Å²) >= 11 is 0. The summed E-state index contributed by atoms with van der Waals surface area (Å²) in [5, 5.41) is 19.0. The van der Waals surface area contributed by atoms with Crippen LogP contribution < -0.4 is 5.32 Å². The van der Waals surface area contributed by atoms with Crippen LogP contribution in [0.3, 0.4) is 0 Å². The van der Waals surface area contributed by atoms with Crippen molar-refractivity contribution in [3.05, 3.63) is 126 Å². The Morgan fingerprint density at radius 1 is 0.778 bits per heavy atom. The molecule has 0 aliphatic carbocycles. The summed E-state index contributed by atoms with van der Waals surface area (Å²) in [4.78, 5) is 58.3. The smallest absolute Gasteiger partial charge is 0.405 e. The van der Waals surface area contributed by atoms with Gasteiger partial charge >= 0.3 is 6.09 Å². The Hall–Kier alpha value is -6.50. The van der Waals surface area contributed by atoms with Crippen molar-refractivity contribution in [2.24, 2.45) is 0 Å². The van der Waals surface area contributed by atoms with Crippen molar-refractivity contribution in [3.63, 3.8) is 0 Å². The van der Waals surface area contributed by atoms with Crippen molar-refractivity contribution in [2.45, 2.75) is 57.2 Å². The van der Waals surface area contributed by atoms with Crippen LogP contribution in [0, 0.1) is 6.92 Å². The molecule has 0 spiro atoms. The van der Waals surface area contributed by atoms with E-state index in [1.165, 1.54) is 0 Å². The molecule has 2 fully saturated rings. The highest BCUT2D eigenvalue weighted by atomic mass is 16.4. The highest BCUT2D eigenvalue weighted by Gasteiger charge is 2.37. The van der Waals surface area contributed by atoms with Crippen LogP contribution in [0.25, 0.3) is 33.6 Å². The molecule has 0 unspecified atom stereocenters. The summed E-state index contributed by atoms with van der Waals surface area (Å²) in [7, 11) is 0. The van der Waals surface area contributed by atoms with Crippen LogP contribution in [-0.2, 0) is 16.0 Å². The zero-order chi connectivity index (χ0) is 37.2. The standard InChI is InChI=1S/C41H41N9O4/c1-25-21-31(48-47-25)22-36(51)49-19-5-9-34(49)38-42-23-32(44-38)28-15-11-26(12-16-28)27-13-17-29(18-14-27)33-24-43-39(45-33)35-10-6-20-50(35)40(52)37(46-41(53)54)30-7-3-2-4-8-30/h2-4,7-8,11-18,21,23-24,34-35,37,46H,5-6,9-10,19-20,22H2,1H3,(H,42,44)(H,43,45)(H,47,48)(H,53,54)/t34-,35-,37+/m0/s1. The number of carbonyl (C=O) groups is 3. The van der Waals surface area contributed by atoms with E-state index in [1.807, 2.05) is 42.3 Å². The number of nitrogens with zero attached hydrogens (tertiary/aromatic N) is 5. The number of amides is 3. The number of hydrogen-bond donors (Lipinski definition) is 5. The second-order valence-corrected chi connectivity index (χ2v) is 14.0. The van der Waals surface area contributed by atoms with Crippen LogP contribution in [0.4, 0.5) is 4.79 Å². The number of nitrogens with one attached hydrogen (secondary N) is 4. The van der Waals surface area contributed by atoms with Crippen molar-refractivity contribution in [1.82, 2.24) is 45.2 Å². The third-order valence-electron chi connectivity index (χ3n) is 10.4. The van der Waals surface area contributed by atoms with Gasteiger partial charge in [-0.15, -0.1) is 0 Å². The topological polar surface area (TPSA) is 176 Å². The molecule has 13 heteroatoms. The maximum atomic E-state index is 13.7. The SMILES string of the molecule is Cc1cc(CC(=O)N2CCC[C@H]2c2ncc(-c3ccc(-c4ccc(-c5cnc([C@@H]6CCCN6C(=O)[C@H](NC(=O)O)c6ccccc6)[nH]5)cc4)cc3)[nH]2)n[nH]1. The Labute approximate surface area is 311 Å². The van der Waals surface area contributed by atoms with Gasteiger partial charge in [0.15, 0.2) is 0 Å². The number of benzene rings is 3. The van der Waals surface area contributed by atoms with Crippen molar-refractivity contribution in [3.8, 4) is 33.6 Å². The fourth-order valence-electron chi connectivity index (χ4n) is 7.70. The van der Waals surface area contributed by atoms with E-state index in [2.05, 4.69) is 71.8 Å². The Morgan fingerprint density at radius 3 is 1.85 bits per heavy atom. The predicted molar refractivity (Wildman–Crippen MR) is 202 cm³/mol. The average Bonchev–Trinajstić information content (AvgIpc) is 4.04. The summed E-state index contributed by atoms with van der Waals surface area (Å²) < 4.78 is 0. The highest BCUT2D eigenvalue weighted by Crippen LogP contribution is 2.35. The van der Waals surface area contributed by atoms with Gasteiger partial charge < -0.3 is 30.2 Å². The van der Waals surface area contributed by atoms with Gasteiger partial charge in [-0.2, -0.15) is 5.10 Å². The third-order valence-corrected chi connectivity index (χ3v) is 10.4. The molecule has 5 heterocycles. The summed E-state index contributed by atoms with van der Waals surface area (Å²) in [6.07, 6.45) is 5.97. The number of carboxylic acid groups (broad SMARTS) is 1. The lowest BCUT2D eigenvalue weighted by molar-refractivity contribution is -0.134. The molecule has 2 aliphatic heterocycles. The first-order chi connectivity index (χ1) is 26.3. The lowest BCUT2D eigenvalue weighted by Crippen LogP contribution is -2.42. The van der Waals surface area contributed by atoms with E-state index in [4.69, 9.17) is 0 Å². The fourth-order valence-corrected chi connectivity index (χ4v) is 7.70. The molecule has 2 aliphatic rings. The molecule has 8 rings (SSSR count). The normalized spacial score (nSPS) is 17.5. The highest BCUT2D eigenvalue weighted by molar-refractivity contribution is 5.87. The van der Waals surface area contributed by atoms with Crippen molar-refractivity contribution < 1.29 is 19.5 Å². The zero-order valence-corrected chi connectivity index (χ0v) is 29.8. The zero-order valence-electron chi connectivity index (χ0n) is 29.8. The molecule has 3 atom stereocenters. The molecule has 3 aromatic carbocycles. The number of aryl methyl sites for hydroxylation is 1. The monoisotopic (exact) mass is 723 g/mol. The quantitative estimate of drug-likeness (QED) is 0.104. The minimum absolute atomic E-state index is 0.0576. The Kier molecular flexibility index (Phi) is 9.51. The molecule has 0 radical (unpaired) electrons. The van der Waals surface area contributed by atoms with Gasteiger partial charge in [0.1, 0.15) is 17.7 Å². The molecule has 54 heavy (non-hydrogen) atoms. The number of aromatic nitrogens is 6. The van der Waals surface area contributed by atoms with Gasteiger partial charge in [-0.1, -0.05) is 78.9 Å². The van der Waals surface area contributed by atoms with Gasteiger partial charge in [-0.05, 0) is 66.5 Å². The lowest BCUT2D eigenvalue weighted by Gasteiger charge is -2.28. The van der Waals surface area contributed by atoms with Gasteiger partial charge in [-0.25, -0.2) is 14.8 Å². The summed E-state index contributed by atoms with van der Waals surface area (Å²) in [6.45, 7) is 3.16. The first-order valence-electron chi connectivity index (χ1n) is 18.3. The van der Waals surface area contributed by atoms with Gasteiger partial charge in [0, 0.05) is 18.8 Å².